The highest BCUT2D eigenvalue weighted by Gasteiger charge is 2.03. The minimum absolute atomic E-state index is 0.349. The van der Waals surface area contributed by atoms with Crippen LogP contribution in [0.1, 0.15) is 58.8 Å². The SMILES string of the molecule is CCCC=CCCC(CC)CCCO. The topological polar surface area (TPSA) is 20.2 Å². The Hall–Kier alpha value is -0.300. The lowest BCUT2D eigenvalue weighted by Crippen LogP contribution is -1.99. The van der Waals surface area contributed by atoms with Gasteiger partial charge in [-0.1, -0.05) is 38.8 Å². The van der Waals surface area contributed by atoms with Crippen LogP contribution in [0.25, 0.3) is 0 Å². The second-order valence-corrected chi connectivity index (χ2v) is 3.98. The molecule has 0 aliphatic rings. The molecule has 0 aliphatic carbocycles. The van der Waals surface area contributed by atoms with E-state index < -0.39 is 0 Å². The summed E-state index contributed by atoms with van der Waals surface area (Å²) in [5, 5.41) is 8.74. The molecule has 0 saturated heterocycles. The summed E-state index contributed by atoms with van der Waals surface area (Å²) >= 11 is 0. The van der Waals surface area contributed by atoms with Crippen molar-refractivity contribution in [1.29, 1.82) is 0 Å². The fourth-order valence-electron chi connectivity index (χ4n) is 1.67. The molecule has 84 valence electrons. The van der Waals surface area contributed by atoms with Crippen LogP contribution in [0.4, 0.5) is 0 Å². The van der Waals surface area contributed by atoms with E-state index in [2.05, 4.69) is 26.0 Å². The van der Waals surface area contributed by atoms with E-state index in [4.69, 9.17) is 5.11 Å². The van der Waals surface area contributed by atoms with Gasteiger partial charge in [-0.25, -0.2) is 0 Å². The van der Waals surface area contributed by atoms with Crippen LogP contribution in [0.3, 0.4) is 0 Å². The zero-order valence-electron chi connectivity index (χ0n) is 9.84. The first kappa shape index (κ1) is 13.7. The summed E-state index contributed by atoms with van der Waals surface area (Å²) in [4.78, 5) is 0. The molecule has 0 saturated carbocycles. The first-order chi connectivity index (χ1) is 6.85. The number of hydrogen-bond donors (Lipinski definition) is 1. The Morgan fingerprint density at radius 2 is 1.79 bits per heavy atom. The van der Waals surface area contributed by atoms with Gasteiger partial charge in [-0.2, -0.15) is 0 Å². The van der Waals surface area contributed by atoms with Gasteiger partial charge in [-0.05, 0) is 38.0 Å². The molecule has 1 heteroatoms. The van der Waals surface area contributed by atoms with Crippen LogP contribution in [-0.4, -0.2) is 11.7 Å². The van der Waals surface area contributed by atoms with E-state index >= 15 is 0 Å². The molecule has 0 heterocycles. The zero-order chi connectivity index (χ0) is 10.6. The average molecular weight is 198 g/mol. The summed E-state index contributed by atoms with van der Waals surface area (Å²) in [7, 11) is 0. The van der Waals surface area contributed by atoms with Crippen molar-refractivity contribution in [2.24, 2.45) is 5.92 Å². The van der Waals surface area contributed by atoms with Crippen LogP contribution < -0.4 is 0 Å². The van der Waals surface area contributed by atoms with E-state index in [1.807, 2.05) is 0 Å². The van der Waals surface area contributed by atoms with E-state index in [1.54, 1.807) is 0 Å². The summed E-state index contributed by atoms with van der Waals surface area (Å²) in [6, 6.07) is 0. The van der Waals surface area contributed by atoms with Crippen molar-refractivity contribution in [3.8, 4) is 0 Å². The van der Waals surface area contributed by atoms with Crippen LogP contribution in [0.5, 0.6) is 0 Å². The predicted octanol–water partition coefficient (Wildman–Crippen LogP) is 3.92. The average Bonchev–Trinajstić information content (AvgIpc) is 2.22. The van der Waals surface area contributed by atoms with Gasteiger partial charge in [-0.15, -0.1) is 0 Å². The first-order valence-electron chi connectivity index (χ1n) is 6.11. The Morgan fingerprint density at radius 1 is 1.07 bits per heavy atom. The third-order valence-corrected chi connectivity index (χ3v) is 2.71. The molecule has 0 radical (unpaired) electrons. The van der Waals surface area contributed by atoms with Crippen molar-refractivity contribution in [3.63, 3.8) is 0 Å². The number of allylic oxidation sites excluding steroid dienone is 2. The highest BCUT2D eigenvalue weighted by molar-refractivity contribution is 4.81. The molecule has 1 nitrogen and oxygen atoms in total. The molecular formula is C13H26O. The molecule has 0 aromatic carbocycles. The Labute approximate surface area is 89.2 Å². The highest BCUT2D eigenvalue weighted by atomic mass is 16.2. The molecule has 1 atom stereocenters. The van der Waals surface area contributed by atoms with Crippen molar-refractivity contribution in [2.45, 2.75) is 58.8 Å². The maximum absolute atomic E-state index is 8.74. The number of hydrogen-bond acceptors (Lipinski definition) is 1. The monoisotopic (exact) mass is 198 g/mol. The zero-order valence-corrected chi connectivity index (χ0v) is 9.84. The molecular weight excluding hydrogens is 172 g/mol. The van der Waals surface area contributed by atoms with Gasteiger partial charge in [-0.3, -0.25) is 0 Å². The van der Waals surface area contributed by atoms with Crippen molar-refractivity contribution < 1.29 is 5.11 Å². The summed E-state index contributed by atoms with van der Waals surface area (Å²) in [6.45, 7) is 4.81. The minimum atomic E-state index is 0.349. The smallest absolute Gasteiger partial charge is 0.0431 e. The third-order valence-electron chi connectivity index (χ3n) is 2.71. The van der Waals surface area contributed by atoms with Crippen molar-refractivity contribution >= 4 is 0 Å². The molecule has 1 unspecified atom stereocenters. The normalized spacial score (nSPS) is 13.6. The van der Waals surface area contributed by atoms with E-state index in [0.29, 0.717) is 6.61 Å². The van der Waals surface area contributed by atoms with Crippen molar-refractivity contribution in [3.05, 3.63) is 12.2 Å². The number of aliphatic hydroxyl groups is 1. The van der Waals surface area contributed by atoms with Gasteiger partial charge in [0.2, 0.25) is 0 Å². The largest absolute Gasteiger partial charge is 0.396 e. The van der Waals surface area contributed by atoms with Gasteiger partial charge in [0.1, 0.15) is 0 Å². The standard InChI is InChI=1S/C13H26O/c1-3-5-6-7-8-10-13(4-2)11-9-12-14/h6-7,13-14H,3-5,8-12H2,1-2H3. The van der Waals surface area contributed by atoms with E-state index in [9.17, 15) is 0 Å². The lowest BCUT2D eigenvalue weighted by Gasteiger charge is -2.12. The van der Waals surface area contributed by atoms with E-state index in [-0.39, 0.29) is 0 Å². The molecule has 0 fully saturated rings. The number of aliphatic hydroxyl groups excluding tert-OH is 1. The maximum atomic E-state index is 8.74. The molecule has 0 amide bonds. The maximum Gasteiger partial charge on any atom is 0.0431 e. The predicted molar refractivity (Wildman–Crippen MR) is 63.4 cm³/mol. The molecule has 0 bridgehead atoms. The molecule has 0 rings (SSSR count). The van der Waals surface area contributed by atoms with E-state index in [1.165, 1.54) is 38.5 Å². The lowest BCUT2D eigenvalue weighted by molar-refractivity contribution is 0.267. The number of rotatable bonds is 9. The van der Waals surface area contributed by atoms with Gasteiger partial charge in [0, 0.05) is 6.61 Å². The van der Waals surface area contributed by atoms with Gasteiger partial charge in [0.25, 0.3) is 0 Å². The fraction of sp³-hybridized carbons (Fsp3) is 0.846. The Balaban J connectivity index is 3.41. The second kappa shape index (κ2) is 10.8. The second-order valence-electron chi connectivity index (χ2n) is 3.98. The van der Waals surface area contributed by atoms with Gasteiger partial charge >= 0.3 is 0 Å². The first-order valence-corrected chi connectivity index (χ1v) is 6.11. The molecule has 1 N–H and O–H groups in total. The van der Waals surface area contributed by atoms with Crippen LogP contribution in [0, 0.1) is 5.92 Å². The van der Waals surface area contributed by atoms with Gasteiger partial charge < -0.3 is 5.11 Å². The van der Waals surface area contributed by atoms with Gasteiger partial charge in [0.05, 0.1) is 0 Å². The highest BCUT2D eigenvalue weighted by Crippen LogP contribution is 2.17. The quantitative estimate of drug-likeness (QED) is 0.557. The minimum Gasteiger partial charge on any atom is -0.396 e. The summed E-state index contributed by atoms with van der Waals surface area (Å²) in [5.41, 5.74) is 0. The fourth-order valence-corrected chi connectivity index (χ4v) is 1.67. The van der Waals surface area contributed by atoms with Crippen LogP contribution in [-0.2, 0) is 0 Å². The Kier molecular flexibility index (Phi) is 10.5. The Morgan fingerprint density at radius 3 is 2.36 bits per heavy atom. The number of unbranched alkanes of at least 4 members (excludes halogenated alkanes) is 1. The van der Waals surface area contributed by atoms with Crippen LogP contribution in [0.15, 0.2) is 12.2 Å². The van der Waals surface area contributed by atoms with Crippen LogP contribution >= 0.6 is 0 Å². The summed E-state index contributed by atoms with van der Waals surface area (Å²) in [6.07, 6.45) is 13.0. The summed E-state index contributed by atoms with van der Waals surface area (Å²) < 4.78 is 0. The summed E-state index contributed by atoms with van der Waals surface area (Å²) in [5.74, 6) is 0.813. The van der Waals surface area contributed by atoms with Crippen molar-refractivity contribution in [2.75, 3.05) is 6.61 Å². The van der Waals surface area contributed by atoms with E-state index in [0.717, 1.165) is 12.3 Å². The Bertz CT molecular complexity index is 129. The molecule has 0 spiro atoms. The molecule has 14 heavy (non-hydrogen) atoms. The molecule has 0 aliphatic heterocycles. The third kappa shape index (κ3) is 8.31. The van der Waals surface area contributed by atoms with Gasteiger partial charge in [0.15, 0.2) is 0 Å². The van der Waals surface area contributed by atoms with Crippen LogP contribution in [0.2, 0.25) is 0 Å². The molecule has 0 aromatic rings. The molecule has 0 aromatic heterocycles. The lowest BCUT2D eigenvalue weighted by atomic mass is 9.95. The van der Waals surface area contributed by atoms with Crippen molar-refractivity contribution in [1.82, 2.24) is 0 Å².